The molecule has 0 atom stereocenters. The van der Waals surface area contributed by atoms with Crippen LogP contribution >= 0.6 is 23.2 Å². The fourth-order valence-electron chi connectivity index (χ4n) is 3.22. The Kier molecular flexibility index (Phi) is 5.41. The van der Waals surface area contributed by atoms with Crippen LogP contribution in [0.4, 0.5) is 0 Å². The van der Waals surface area contributed by atoms with E-state index >= 15 is 0 Å². The van der Waals surface area contributed by atoms with Gasteiger partial charge in [-0.05, 0) is 42.9 Å². The lowest BCUT2D eigenvalue weighted by Gasteiger charge is -2.36. The van der Waals surface area contributed by atoms with Gasteiger partial charge in [-0.15, -0.1) is 23.2 Å². The maximum absolute atomic E-state index is 6.31. The SMILES string of the molecule is COc1cccc(CC(CCl)(CCl)C2CCCC2)c1. The van der Waals surface area contributed by atoms with Gasteiger partial charge in [0.05, 0.1) is 7.11 Å². The average molecular weight is 301 g/mol. The van der Waals surface area contributed by atoms with E-state index in [0.29, 0.717) is 17.7 Å². The second kappa shape index (κ2) is 6.85. The summed E-state index contributed by atoms with van der Waals surface area (Å²) >= 11 is 12.6. The van der Waals surface area contributed by atoms with Gasteiger partial charge in [0, 0.05) is 17.2 Å². The molecule has 0 heterocycles. The summed E-state index contributed by atoms with van der Waals surface area (Å²) in [4.78, 5) is 0. The van der Waals surface area contributed by atoms with Gasteiger partial charge in [-0.3, -0.25) is 0 Å². The summed E-state index contributed by atoms with van der Waals surface area (Å²) in [5, 5.41) is 0. The van der Waals surface area contributed by atoms with Crippen LogP contribution in [0.5, 0.6) is 5.75 Å². The largest absolute Gasteiger partial charge is 0.497 e. The Morgan fingerprint density at radius 1 is 1.21 bits per heavy atom. The van der Waals surface area contributed by atoms with Gasteiger partial charge < -0.3 is 4.74 Å². The molecule has 1 fully saturated rings. The minimum absolute atomic E-state index is 0.0337. The molecule has 0 spiro atoms. The van der Waals surface area contributed by atoms with Crippen molar-refractivity contribution in [2.24, 2.45) is 11.3 Å². The Morgan fingerprint density at radius 2 is 1.89 bits per heavy atom. The van der Waals surface area contributed by atoms with Crippen molar-refractivity contribution in [2.75, 3.05) is 18.9 Å². The number of hydrogen-bond donors (Lipinski definition) is 0. The maximum atomic E-state index is 6.31. The van der Waals surface area contributed by atoms with Crippen LogP contribution in [-0.4, -0.2) is 18.9 Å². The summed E-state index contributed by atoms with van der Waals surface area (Å²) in [6, 6.07) is 8.26. The van der Waals surface area contributed by atoms with Crippen LogP contribution in [-0.2, 0) is 6.42 Å². The monoisotopic (exact) mass is 300 g/mol. The first-order chi connectivity index (χ1) is 9.24. The third-order valence-electron chi connectivity index (χ3n) is 4.44. The van der Waals surface area contributed by atoms with Crippen molar-refractivity contribution in [1.29, 1.82) is 0 Å². The Labute approximate surface area is 126 Å². The quantitative estimate of drug-likeness (QED) is 0.680. The first-order valence-corrected chi connectivity index (χ1v) is 8.06. The van der Waals surface area contributed by atoms with Crippen LogP contribution in [0, 0.1) is 11.3 Å². The molecule has 1 aliphatic rings. The van der Waals surface area contributed by atoms with Gasteiger partial charge in [0.25, 0.3) is 0 Å². The molecule has 0 N–H and O–H groups in total. The highest BCUT2D eigenvalue weighted by Gasteiger charge is 2.39. The molecule has 0 aromatic heterocycles. The highest BCUT2D eigenvalue weighted by atomic mass is 35.5. The van der Waals surface area contributed by atoms with Crippen LogP contribution in [0.15, 0.2) is 24.3 Å². The Balaban J connectivity index is 2.19. The second-order valence-electron chi connectivity index (χ2n) is 5.64. The number of methoxy groups -OCH3 is 1. The van der Waals surface area contributed by atoms with Gasteiger partial charge in [-0.1, -0.05) is 25.0 Å². The minimum atomic E-state index is 0.0337. The lowest BCUT2D eigenvalue weighted by molar-refractivity contribution is 0.225. The second-order valence-corrected chi connectivity index (χ2v) is 6.17. The molecular weight excluding hydrogens is 279 g/mol. The highest BCUT2D eigenvalue weighted by molar-refractivity contribution is 6.21. The van der Waals surface area contributed by atoms with E-state index in [-0.39, 0.29) is 5.41 Å². The van der Waals surface area contributed by atoms with E-state index in [1.807, 2.05) is 12.1 Å². The zero-order valence-electron chi connectivity index (χ0n) is 11.5. The average Bonchev–Trinajstić information content (AvgIpc) is 3.00. The van der Waals surface area contributed by atoms with Crippen molar-refractivity contribution in [3.05, 3.63) is 29.8 Å². The predicted molar refractivity (Wildman–Crippen MR) is 82.5 cm³/mol. The molecule has 1 aromatic rings. The summed E-state index contributed by atoms with van der Waals surface area (Å²) in [5.41, 5.74) is 1.30. The Bertz CT molecular complexity index is 395. The van der Waals surface area contributed by atoms with Crippen molar-refractivity contribution in [2.45, 2.75) is 32.1 Å². The Hall–Kier alpha value is -0.400. The fraction of sp³-hybridized carbons (Fsp3) is 0.625. The number of alkyl halides is 2. The zero-order valence-corrected chi connectivity index (χ0v) is 13.0. The molecule has 0 saturated heterocycles. The molecule has 0 radical (unpaired) electrons. The van der Waals surface area contributed by atoms with Gasteiger partial charge in [-0.25, -0.2) is 0 Å². The third kappa shape index (κ3) is 3.38. The Morgan fingerprint density at radius 3 is 2.47 bits per heavy atom. The van der Waals surface area contributed by atoms with Crippen molar-refractivity contribution >= 4 is 23.2 Å². The molecule has 0 aliphatic heterocycles. The number of hydrogen-bond acceptors (Lipinski definition) is 1. The molecule has 1 saturated carbocycles. The van der Waals surface area contributed by atoms with Gasteiger partial charge >= 0.3 is 0 Å². The van der Waals surface area contributed by atoms with Crippen molar-refractivity contribution < 1.29 is 4.74 Å². The van der Waals surface area contributed by atoms with Gasteiger partial charge in [-0.2, -0.15) is 0 Å². The first kappa shape index (κ1) is 15.0. The predicted octanol–water partition coefficient (Wildman–Crippen LogP) is 4.89. The molecule has 106 valence electrons. The van der Waals surface area contributed by atoms with Crippen LogP contribution in [0.1, 0.15) is 31.2 Å². The van der Waals surface area contributed by atoms with Gasteiger partial charge in [0.2, 0.25) is 0 Å². The van der Waals surface area contributed by atoms with Crippen molar-refractivity contribution in [3.8, 4) is 5.75 Å². The summed E-state index contributed by atoms with van der Waals surface area (Å²) in [6.45, 7) is 0. The molecule has 0 bridgehead atoms. The molecule has 1 aromatic carbocycles. The first-order valence-electron chi connectivity index (χ1n) is 6.99. The third-order valence-corrected chi connectivity index (χ3v) is 5.51. The van der Waals surface area contributed by atoms with Crippen molar-refractivity contribution in [3.63, 3.8) is 0 Å². The smallest absolute Gasteiger partial charge is 0.119 e. The van der Waals surface area contributed by atoms with Gasteiger partial charge in [0.15, 0.2) is 0 Å². The van der Waals surface area contributed by atoms with Crippen LogP contribution in [0.25, 0.3) is 0 Å². The van der Waals surface area contributed by atoms with E-state index in [0.717, 1.165) is 12.2 Å². The van der Waals surface area contributed by atoms with Crippen LogP contribution in [0.2, 0.25) is 0 Å². The topological polar surface area (TPSA) is 9.23 Å². The van der Waals surface area contributed by atoms with E-state index in [1.54, 1.807) is 7.11 Å². The number of ether oxygens (including phenoxy) is 1. The molecule has 0 unspecified atom stereocenters. The highest BCUT2D eigenvalue weighted by Crippen LogP contribution is 2.44. The lowest BCUT2D eigenvalue weighted by Crippen LogP contribution is -2.35. The molecule has 19 heavy (non-hydrogen) atoms. The van der Waals surface area contributed by atoms with Crippen LogP contribution < -0.4 is 4.74 Å². The van der Waals surface area contributed by atoms with Gasteiger partial charge in [0.1, 0.15) is 5.75 Å². The normalized spacial score (nSPS) is 16.8. The molecule has 1 aliphatic carbocycles. The van der Waals surface area contributed by atoms with Crippen molar-refractivity contribution in [1.82, 2.24) is 0 Å². The number of rotatable bonds is 6. The van der Waals surface area contributed by atoms with E-state index in [4.69, 9.17) is 27.9 Å². The molecule has 1 nitrogen and oxygen atoms in total. The minimum Gasteiger partial charge on any atom is -0.497 e. The molecule has 2 rings (SSSR count). The maximum Gasteiger partial charge on any atom is 0.119 e. The van der Waals surface area contributed by atoms with E-state index < -0.39 is 0 Å². The fourth-order valence-corrected chi connectivity index (χ4v) is 4.13. The lowest BCUT2D eigenvalue weighted by atomic mass is 9.73. The van der Waals surface area contributed by atoms with Crippen LogP contribution in [0.3, 0.4) is 0 Å². The standard InChI is InChI=1S/C16H22Cl2O/c1-19-15-8-4-5-13(9-15)10-16(11-17,12-18)14-6-2-3-7-14/h4-5,8-9,14H,2-3,6-7,10-12H2,1H3. The van der Waals surface area contributed by atoms with E-state index in [2.05, 4.69) is 12.1 Å². The summed E-state index contributed by atoms with van der Waals surface area (Å²) in [6.07, 6.45) is 6.12. The molecule has 0 amide bonds. The molecule has 3 heteroatoms. The van der Waals surface area contributed by atoms with E-state index in [1.165, 1.54) is 31.2 Å². The summed E-state index contributed by atoms with van der Waals surface area (Å²) in [5.74, 6) is 2.84. The zero-order chi connectivity index (χ0) is 13.7. The summed E-state index contributed by atoms with van der Waals surface area (Å²) < 4.78 is 5.30. The van der Waals surface area contributed by atoms with E-state index in [9.17, 15) is 0 Å². The number of halogens is 2. The molecular formula is C16H22Cl2O. The summed E-state index contributed by atoms with van der Waals surface area (Å²) in [7, 11) is 1.70. The number of benzene rings is 1.